The molecule has 0 aliphatic carbocycles. The molecule has 1 aliphatic heterocycles. The van der Waals surface area contributed by atoms with Gasteiger partial charge in [-0.3, -0.25) is 9.78 Å². The van der Waals surface area contributed by atoms with Crippen molar-refractivity contribution in [2.45, 2.75) is 26.8 Å². The maximum Gasteiger partial charge on any atom is 0.274 e. The van der Waals surface area contributed by atoms with E-state index in [1.54, 1.807) is 30.6 Å². The van der Waals surface area contributed by atoms with E-state index in [1.165, 1.54) is 27.5 Å². The third-order valence-corrected chi connectivity index (χ3v) is 6.61. The van der Waals surface area contributed by atoms with Crippen LogP contribution in [-0.4, -0.2) is 35.9 Å². The molecule has 1 aromatic carbocycles. The number of rotatable bonds is 3. The molecule has 0 saturated carbocycles. The van der Waals surface area contributed by atoms with Gasteiger partial charge in [-0.1, -0.05) is 12.1 Å². The second-order valence-corrected chi connectivity index (χ2v) is 8.72. The Labute approximate surface area is 200 Å². The second kappa shape index (κ2) is 8.12. The highest BCUT2D eigenvalue weighted by atomic mass is 19.1. The van der Waals surface area contributed by atoms with Gasteiger partial charge in [-0.25, -0.2) is 14.1 Å². The highest BCUT2D eigenvalue weighted by molar-refractivity contribution is 5.64. The van der Waals surface area contributed by atoms with Gasteiger partial charge in [-0.15, -0.1) is 5.10 Å². The van der Waals surface area contributed by atoms with Gasteiger partial charge >= 0.3 is 0 Å². The average Bonchev–Trinajstić information content (AvgIpc) is 3.36. The lowest BCUT2D eigenvalue weighted by molar-refractivity contribution is 0.611. The van der Waals surface area contributed by atoms with Crippen LogP contribution >= 0.6 is 0 Å². The zero-order valence-corrected chi connectivity index (χ0v) is 19.3. The van der Waals surface area contributed by atoms with E-state index in [9.17, 15) is 9.18 Å². The summed E-state index contributed by atoms with van der Waals surface area (Å²) in [6.45, 7) is 5.34. The number of pyridine rings is 1. The van der Waals surface area contributed by atoms with Crippen LogP contribution in [0.5, 0.6) is 0 Å². The number of anilines is 1. The molecule has 0 amide bonds. The van der Waals surface area contributed by atoms with E-state index < -0.39 is 0 Å². The molecule has 0 saturated heterocycles. The predicted molar refractivity (Wildman–Crippen MR) is 130 cm³/mol. The molecule has 0 spiro atoms. The minimum Gasteiger partial charge on any atom is -0.350 e. The summed E-state index contributed by atoms with van der Waals surface area (Å²) in [7, 11) is 0. The third kappa shape index (κ3) is 3.56. The number of fused-ring (bicyclic) bond motifs is 2. The van der Waals surface area contributed by atoms with Crippen molar-refractivity contribution in [3.8, 4) is 16.8 Å². The van der Waals surface area contributed by atoms with Gasteiger partial charge in [0.1, 0.15) is 11.5 Å². The van der Waals surface area contributed by atoms with Crippen LogP contribution < -0.4 is 10.5 Å². The first-order valence-electron chi connectivity index (χ1n) is 11.4. The summed E-state index contributed by atoms with van der Waals surface area (Å²) in [5, 5.41) is 9.00. The van der Waals surface area contributed by atoms with Gasteiger partial charge in [0.05, 0.1) is 6.20 Å². The van der Waals surface area contributed by atoms with Crippen LogP contribution in [-0.2, 0) is 13.0 Å². The zero-order chi connectivity index (χ0) is 24.1. The summed E-state index contributed by atoms with van der Waals surface area (Å²) >= 11 is 0. The molecular weight excluding hydrogens is 445 g/mol. The van der Waals surface area contributed by atoms with Crippen molar-refractivity contribution < 1.29 is 4.39 Å². The van der Waals surface area contributed by atoms with Crippen molar-refractivity contribution in [1.29, 1.82) is 0 Å². The van der Waals surface area contributed by atoms with Crippen molar-refractivity contribution in [2.24, 2.45) is 0 Å². The molecule has 0 fully saturated rings. The van der Waals surface area contributed by atoms with Gasteiger partial charge in [-0.05, 0) is 37.6 Å². The highest BCUT2D eigenvalue weighted by Crippen LogP contribution is 2.29. The summed E-state index contributed by atoms with van der Waals surface area (Å²) < 4.78 is 17.1. The standard InChI is InChI=1S/C26H22FN7O/c1-16-17(2)26(31-34-24(35)7-9-28-25(16)34)32-10-8-22-19(14-32)11-18(12-29-22)20-13-30-33(15-20)23-6-4-3-5-21(23)27/h3-7,9,11-13,15H,8,10,14H2,1-2H3. The lowest BCUT2D eigenvalue weighted by Crippen LogP contribution is -2.33. The third-order valence-electron chi connectivity index (χ3n) is 6.61. The quantitative estimate of drug-likeness (QED) is 0.403. The smallest absolute Gasteiger partial charge is 0.274 e. The van der Waals surface area contributed by atoms with Gasteiger partial charge in [0.15, 0.2) is 11.5 Å². The molecule has 0 atom stereocenters. The molecule has 5 aromatic rings. The molecule has 4 aromatic heterocycles. The van der Waals surface area contributed by atoms with Crippen LogP contribution in [0, 0.1) is 19.7 Å². The molecule has 5 heterocycles. The summed E-state index contributed by atoms with van der Waals surface area (Å²) in [6.07, 6.45) is 7.65. The number of benzene rings is 1. The fourth-order valence-corrected chi connectivity index (χ4v) is 4.57. The fourth-order valence-electron chi connectivity index (χ4n) is 4.57. The van der Waals surface area contributed by atoms with Gasteiger partial charge in [0.2, 0.25) is 0 Å². The van der Waals surface area contributed by atoms with Crippen molar-refractivity contribution in [1.82, 2.24) is 29.4 Å². The molecule has 0 N–H and O–H groups in total. The van der Waals surface area contributed by atoms with Gasteiger partial charge in [-0.2, -0.15) is 9.61 Å². The zero-order valence-electron chi connectivity index (χ0n) is 19.3. The molecular formula is C26H22FN7O. The first-order chi connectivity index (χ1) is 17.0. The lowest BCUT2D eigenvalue weighted by atomic mass is 10.0. The first-order valence-corrected chi connectivity index (χ1v) is 11.4. The number of para-hydroxylation sites is 1. The van der Waals surface area contributed by atoms with E-state index in [-0.39, 0.29) is 11.4 Å². The molecule has 0 bridgehead atoms. The van der Waals surface area contributed by atoms with Crippen LogP contribution in [0.3, 0.4) is 0 Å². The van der Waals surface area contributed by atoms with E-state index in [4.69, 9.17) is 4.98 Å². The summed E-state index contributed by atoms with van der Waals surface area (Å²) in [5.74, 6) is 0.442. The van der Waals surface area contributed by atoms with Crippen molar-refractivity contribution >= 4 is 11.5 Å². The monoisotopic (exact) mass is 467 g/mol. The van der Waals surface area contributed by atoms with E-state index >= 15 is 0 Å². The lowest BCUT2D eigenvalue weighted by Gasteiger charge is -2.31. The highest BCUT2D eigenvalue weighted by Gasteiger charge is 2.23. The summed E-state index contributed by atoms with van der Waals surface area (Å²) in [4.78, 5) is 23.6. The summed E-state index contributed by atoms with van der Waals surface area (Å²) in [5.41, 5.74) is 6.61. The molecule has 9 heteroatoms. The van der Waals surface area contributed by atoms with Crippen molar-refractivity contribution in [3.05, 3.63) is 99.7 Å². The molecule has 35 heavy (non-hydrogen) atoms. The van der Waals surface area contributed by atoms with Crippen molar-refractivity contribution in [3.63, 3.8) is 0 Å². The molecule has 1 aliphatic rings. The van der Waals surface area contributed by atoms with E-state index in [0.717, 1.165) is 52.3 Å². The second-order valence-electron chi connectivity index (χ2n) is 8.72. The normalized spacial score (nSPS) is 13.3. The molecule has 174 valence electrons. The van der Waals surface area contributed by atoms with Crippen molar-refractivity contribution in [2.75, 3.05) is 11.4 Å². The Kier molecular flexibility index (Phi) is 4.91. The Morgan fingerprint density at radius 2 is 1.86 bits per heavy atom. The molecule has 8 nitrogen and oxygen atoms in total. The number of aromatic nitrogens is 6. The SMILES string of the molecule is Cc1c(N2CCc3ncc(-c4cnn(-c5ccccc5F)c4)cc3C2)nn2c(=O)ccnc2c1C. The summed E-state index contributed by atoms with van der Waals surface area (Å²) in [6, 6.07) is 10.1. The first kappa shape index (κ1) is 21.2. The van der Waals surface area contributed by atoms with Crippen LogP contribution in [0.2, 0.25) is 0 Å². The van der Waals surface area contributed by atoms with Crippen LogP contribution in [0.1, 0.15) is 22.4 Å². The largest absolute Gasteiger partial charge is 0.350 e. The maximum absolute atomic E-state index is 14.2. The minimum atomic E-state index is -0.329. The van der Waals surface area contributed by atoms with E-state index in [0.29, 0.717) is 17.9 Å². The van der Waals surface area contributed by atoms with Crippen LogP contribution in [0.4, 0.5) is 10.2 Å². The van der Waals surface area contributed by atoms with E-state index in [2.05, 4.69) is 26.1 Å². The molecule has 0 unspecified atom stereocenters. The minimum absolute atomic E-state index is 0.201. The molecule has 6 rings (SSSR count). The van der Waals surface area contributed by atoms with Crippen LogP contribution in [0.15, 0.2) is 66.0 Å². The topological polar surface area (TPSA) is 81.2 Å². The van der Waals surface area contributed by atoms with Gasteiger partial charge < -0.3 is 4.90 Å². The molecule has 0 radical (unpaired) electrons. The predicted octanol–water partition coefficient (Wildman–Crippen LogP) is 3.66. The number of nitrogens with zero attached hydrogens (tertiary/aromatic N) is 7. The Bertz CT molecular complexity index is 1660. The maximum atomic E-state index is 14.2. The number of aryl methyl sites for hydroxylation is 1. The Morgan fingerprint density at radius 3 is 2.71 bits per heavy atom. The Balaban J connectivity index is 1.35. The average molecular weight is 468 g/mol. The Morgan fingerprint density at radius 1 is 1.00 bits per heavy atom. The number of hydrogen-bond donors (Lipinski definition) is 0. The van der Waals surface area contributed by atoms with Gasteiger partial charge in [0.25, 0.3) is 5.56 Å². The Hall–Kier alpha value is -4.40. The fraction of sp³-hybridized carbons (Fsp3) is 0.192. The van der Waals surface area contributed by atoms with Crippen LogP contribution in [0.25, 0.3) is 22.5 Å². The van der Waals surface area contributed by atoms with Gasteiger partial charge in [0, 0.05) is 72.1 Å². The number of halogens is 1. The number of hydrogen-bond acceptors (Lipinski definition) is 6. The van der Waals surface area contributed by atoms with E-state index in [1.807, 2.05) is 20.0 Å².